The number of hydrogen-bond donors (Lipinski definition) is 1. The molecule has 0 unspecified atom stereocenters. The van der Waals surface area contributed by atoms with Crippen LogP contribution in [0, 0.1) is 0 Å². The van der Waals surface area contributed by atoms with Crippen molar-refractivity contribution in [2.75, 3.05) is 30.3 Å². The highest BCUT2D eigenvalue weighted by molar-refractivity contribution is 7.99. The average Bonchev–Trinajstić information content (AvgIpc) is 2.57. The molecule has 0 saturated carbocycles. The van der Waals surface area contributed by atoms with Crippen LogP contribution in [0.4, 0.5) is 5.69 Å². The lowest BCUT2D eigenvalue weighted by atomic mass is 10.1. The number of amides is 2. The number of nitrogens with zero attached hydrogens (tertiary/aromatic N) is 2. The fourth-order valence-corrected chi connectivity index (χ4v) is 4.56. The van der Waals surface area contributed by atoms with E-state index in [0.717, 1.165) is 30.8 Å². The van der Waals surface area contributed by atoms with Crippen LogP contribution in [-0.2, 0) is 9.59 Å². The first kappa shape index (κ1) is 17.1. The van der Waals surface area contributed by atoms with Crippen LogP contribution < -0.4 is 10.2 Å². The molecule has 1 N–H and O–H groups in total. The van der Waals surface area contributed by atoms with Crippen molar-refractivity contribution >= 4 is 29.3 Å². The third-order valence-corrected chi connectivity index (χ3v) is 5.98. The molecular formula is C18H25N3O2S. The second kappa shape index (κ2) is 7.47. The van der Waals surface area contributed by atoms with Crippen LogP contribution in [-0.4, -0.2) is 54.2 Å². The number of carbonyl (C=O) groups excluding carboxylic acids is 2. The van der Waals surface area contributed by atoms with Crippen LogP contribution in [0.2, 0.25) is 0 Å². The number of para-hydroxylation sites is 1. The Morgan fingerprint density at radius 2 is 2.12 bits per heavy atom. The van der Waals surface area contributed by atoms with Crippen LogP contribution in [0.25, 0.3) is 0 Å². The summed E-state index contributed by atoms with van der Waals surface area (Å²) in [5, 5.41) is 2.94. The van der Waals surface area contributed by atoms with Gasteiger partial charge < -0.3 is 15.1 Å². The number of hydrogen-bond acceptors (Lipinski definition) is 4. The molecule has 3 rings (SSSR count). The molecule has 2 aliphatic rings. The summed E-state index contributed by atoms with van der Waals surface area (Å²) in [6.07, 6.45) is 1.89. The lowest BCUT2D eigenvalue weighted by Crippen LogP contribution is -2.52. The summed E-state index contributed by atoms with van der Waals surface area (Å²) < 4.78 is 0. The van der Waals surface area contributed by atoms with E-state index in [0.29, 0.717) is 19.1 Å². The Hall–Kier alpha value is -1.69. The third kappa shape index (κ3) is 3.86. The highest BCUT2D eigenvalue weighted by Crippen LogP contribution is 2.37. The van der Waals surface area contributed by atoms with Gasteiger partial charge in [-0.25, -0.2) is 0 Å². The van der Waals surface area contributed by atoms with Gasteiger partial charge in [0.1, 0.15) is 0 Å². The smallest absolute Gasteiger partial charge is 0.242 e. The van der Waals surface area contributed by atoms with Crippen LogP contribution in [0.3, 0.4) is 0 Å². The van der Waals surface area contributed by atoms with Crippen molar-refractivity contribution in [2.45, 2.75) is 43.7 Å². The quantitative estimate of drug-likeness (QED) is 0.910. The van der Waals surface area contributed by atoms with E-state index < -0.39 is 0 Å². The molecule has 1 saturated heterocycles. The monoisotopic (exact) mass is 347 g/mol. The fraction of sp³-hybridized carbons (Fsp3) is 0.556. The Morgan fingerprint density at radius 1 is 1.33 bits per heavy atom. The largest absolute Gasteiger partial charge is 0.358 e. The molecule has 0 aliphatic carbocycles. The van der Waals surface area contributed by atoms with E-state index in [-0.39, 0.29) is 17.9 Å². The zero-order valence-corrected chi connectivity index (χ0v) is 15.1. The zero-order valence-electron chi connectivity index (χ0n) is 14.3. The molecule has 0 aromatic heterocycles. The molecule has 0 radical (unpaired) electrons. The van der Waals surface area contributed by atoms with E-state index in [4.69, 9.17) is 0 Å². The Bertz CT molecular complexity index is 622. The lowest BCUT2D eigenvalue weighted by molar-refractivity contribution is -0.132. The van der Waals surface area contributed by atoms with Crippen LogP contribution in [0.5, 0.6) is 0 Å². The number of thioether (sulfide) groups is 1. The highest BCUT2D eigenvalue weighted by Gasteiger charge is 2.29. The van der Waals surface area contributed by atoms with Gasteiger partial charge in [0, 0.05) is 42.7 Å². The van der Waals surface area contributed by atoms with E-state index in [2.05, 4.69) is 29.3 Å². The van der Waals surface area contributed by atoms with Crippen molar-refractivity contribution < 1.29 is 9.59 Å². The number of anilines is 1. The molecule has 1 aromatic rings. The third-order valence-electron chi connectivity index (χ3n) is 4.67. The van der Waals surface area contributed by atoms with Gasteiger partial charge in [0.05, 0.1) is 12.2 Å². The Morgan fingerprint density at radius 3 is 2.92 bits per heavy atom. The van der Waals surface area contributed by atoms with Crippen molar-refractivity contribution in [3.8, 4) is 0 Å². The standard InChI is InChI=1S/C18H25N3O2S/c1-13-12-24-17-8-4-3-7-16(17)21(13)11-18(23)20-9-5-6-15(10-20)19-14(2)22/h3-4,7-8,13,15H,5-6,9-12H2,1-2H3,(H,19,22)/t13-,15+/m0/s1. The molecule has 5 nitrogen and oxygen atoms in total. The highest BCUT2D eigenvalue weighted by atomic mass is 32.2. The van der Waals surface area contributed by atoms with Crippen LogP contribution >= 0.6 is 11.8 Å². The predicted molar refractivity (Wildman–Crippen MR) is 97.4 cm³/mol. The number of rotatable bonds is 3. The van der Waals surface area contributed by atoms with Gasteiger partial charge in [-0.2, -0.15) is 0 Å². The number of benzene rings is 1. The topological polar surface area (TPSA) is 52.7 Å². The summed E-state index contributed by atoms with van der Waals surface area (Å²) in [4.78, 5) is 29.4. The first-order valence-corrected chi connectivity index (χ1v) is 9.56. The van der Waals surface area contributed by atoms with Gasteiger partial charge in [-0.1, -0.05) is 12.1 Å². The molecule has 2 amide bonds. The predicted octanol–water partition coefficient (Wildman–Crippen LogP) is 2.11. The van der Waals surface area contributed by atoms with Gasteiger partial charge >= 0.3 is 0 Å². The van der Waals surface area contributed by atoms with Crippen molar-refractivity contribution in [1.82, 2.24) is 10.2 Å². The van der Waals surface area contributed by atoms with E-state index in [1.807, 2.05) is 28.8 Å². The van der Waals surface area contributed by atoms with Crippen molar-refractivity contribution in [3.63, 3.8) is 0 Å². The Kier molecular flexibility index (Phi) is 5.33. The normalized spacial score (nSPS) is 23.6. The molecule has 2 heterocycles. The molecule has 1 fully saturated rings. The molecule has 2 aliphatic heterocycles. The average molecular weight is 347 g/mol. The molecule has 24 heavy (non-hydrogen) atoms. The van der Waals surface area contributed by atoms with E-state index in [1.54, 1.807) is 0 Å². The lowest BCUT2D eigenvalue weighted by Gasteiger charge is -2.39. The van der Waals surface area contributed by atoms with Crippen molar-refractivity contribution in [3.05, 3.63) is 24.3 Å². The minimum Gasteiger partial charge on any atom is -0.358 e. The van der Waals surface area contributed by atoms with Crippen LogP contribution in [0.15, 0.2) is 29.2 Å². The Labute approximate surface area is 147 Å². The fourth-order valence-electron chi connectivity index (χ4n) is 3.45. The molecule has 0 bridgehead atoms. The minimum absolute atomic E-state index is 0.0232. The van der Waals surface area contributed by atoms with Crippen LogP contribution in [0.1, 0.15) is 26.7 Å². The molecule has 1 aromatic carbocycles. The number of fused-ring (bicyclic) bond motifs is 1. The van der Waals surface area contributed by atoms with E-state index in [1.165, 1.54) is 11.8 Å². The molecular weight excluding hydrogens is 322 g/mol. The van der Waals surface area contributed by atoms with E-state index in [9.17, 15) is 9.59 Å². The second-order valence-electron chi connectivity index (χ2n) is 6.64. The molecule has 130 valence electrons. The molecule has 0 spiro atoms. The summed E-state index contributed by atoms with van der Waals surface area (Å²) in [6.45, 7) is 5.52. The number of nitrogens with one attached hydrogen (secondary N) is 1. The second-order valence-corrected chi connectivity index (χ2v) is 7.70. The van der Waals surface area contributed by atoms with Gasteiger partial charge in [-0.15, -0.1) is 11.8 Å². The number of likely N-dealkylation sites (tertiary alicyclic amines) is 1. The minimum atomic E-state index is -0.0232. The first-order chi connectivity index (χ1) is 11.5. The first-order valence-electron chi connectivity index (χ1n) is 8.58. The van der Waals surface area contributed by atoms with E-state index >= 15 is 0 Å². The van der Waals surface area contributed by atoms with Gasteiger partial charge in [-0.3, -0.25) is 9.59 Å². The van der Waals surface area contributed by atoms with Gasteiger partial charge in [-0.05, 0) is 31.9 Å². The van der Waals surface area contributed by atoms with Gasteiger partial charge in [0.15, 0.2) is 0 Å². The number of carbonyl (C=O) groups is 2. The summed E-state index contributed by atoms with van der Waals surface area (Å²) in [7, 11) is 0. The molecule has 2 atom stereocenters. The Balaban J connectivity index is 1.67. The summed E-state index contributed by atoms with van der Waals surface area (Å²) in [6, 6.07) is 8.72. The molecule has 6 heteroatoms. The summed E-state index contributed by atoms with van der Waals surface area (Å²) >= 11 is 1.86. The van der Waals surface area contributed by atoms with Gasteiger partial charge in [0.2, 0.25) is 11.8 Å². The van der Waals surface area contributed by atoms with Crippen molar-refractivity contribution in [1.29, 1.82) is 0 Å². The summed E-state index contributed by atoms with van der Waals surface area (Å²) in [5.41, 5.74) is 1.16. The maximum Gasteiger partial charge on any atom is 0.242 e. The van der Waals surface area contributed by atoms with Crippen molar-refractivity contribution in [2.24, 2.45) is 0 Å². The maximum absolute atomic E-state index is 12.8. The number of piperidine rings is 1. The zero-order chi connectivity index (χ0) is 17.1. The maximum atomic E-state index is 12.8. The van der Waals surface area contributed by atoms with Gasteiger partial charge in [0.25, 0.3) is 0 Å². The summed E-state index contributed by atoms with van der Waals surface area (Å²) in [5.74, 6) is 1.13. The SMILES string of the molecule is CC(=O)N[C@@H]1CCCN(C(=O)CN2c3ccccc3SC[C@@H]2C)C1.